The molecule has 1 aromatic carbocycles. The first-order valence-electron chi connectivity index (χ1n) is 12.2. The maximum absolute atomic E-state index is 13.3. The number of carbonyl (C=O) groups excluding carboxylic acids is 1. The van der Waals surface area contributed by atoms with Crippen LogP contribution in [-0.4, -0.2) is 12.1 Å². The zero-order chi connectivity index (χ0) is 25.1. The van der Waals surface area contributed by atoms with Gasteiger partial charge in [-0.1, -0.05) is 50.7 Å². The van der Waals surface area contributed by atoms with Gasteiger partial charge >= 0.3 is 0 Å². The van der Waals surface area contributed by atoms with Crippen LogP contribution in [0.25, 0.3) is 0 Å². The standard InChI is InChI=1S/C29H30N2O3S2/c1-29(2,3)19-11-13-23-24(16-19)36-28(26(23)27(32)30-17-20-8-7-15-33-20)31-18-21-12-14-25(34-21)35-22-9-5-4-6-10-22/h4-10,12,14-15,18-19H,11,13,16-17H2,1-3H3,(H,30,32)/t19-/m0/s1. The number of benzene rings is 1. The predicted octanol–water partition coefficient (Wildman–Crippen LogP) is 7.92. The molecule has 5 rings (SSSR count). The van der Waals surface area contributed by atoms with Crippen LogP contribution in [-0.2, 0) is 19.4 Å². The van der Waals surface area contributed by atoms with Gasteiger partial charge in [-0.05, 0) is 72.6 Å². The molecule has 1 aliphatic rings. The van der Waals surface area contributed by atoms with Gasteiger partial charge in [-0.2, -0.15) is 0 Å². The molecule has 186 valence electrons. The van der Waals surface area contributed by atoms with Crippen LogP contribution in [0.2, 0.25) is 0 Å². The molecule has 0 radical (unpaired) electrons. The Morgan fingerprint density at radius 2 is 2.00 bits per heavy atom. The SMILES string of the molecule is CC(C)(C)[C@H]1CCc2c(sc(N=Cc3ccc(Sc4ccccc4)o3)c2C(=O)NCc2ccco2)C1. The highest BCUT2D eigenvalue weighted by Gasteiger charge is 2.33. The summed E-state index contributed by atoms with van der Waals surface area (Å²) in [7, 11) is 0. The van der Waals surface area contributed by atoms with E-state index in [1.54, 1.807) is 35.6 Å². The molecule has 1 aliphatic carbocycles. The minimum atomic E-state index is -0.106. The molecule has 0 saturated carbocycles. The largest absolute Gasteiger partial charge is 0.467 e. The average molecular weight is 519 g/mol. The monoisotopic (exact) mass is 518 g/mol. The molecule has 0 saturated heterocycles. The Labute approximate surface area is 220 Å². The van der Waals surface area contributed by atoms with Crippen molar-refractivity contribution in [1.29, 1.82) is 0 Å². The quantitative estimate of drug-likeness (QED) is 0.252. The highest BCUT2D eigenvalue weighted by Crippen LogP contribution is 2.45. The zero-order valence-electron chi connectivity index (χ0n) is 20.7. The number of thiophene rings is 1. The summed E-state index contributed by atoms with van der Waals surface area (Å²) in [6.45, 7) is 7.25. The molecule has 0 fully saturated rings. The van der Waals surface area contributed by atoms with E-state index >= 15 is 0 Å². The van der Waals surface area contributed by atoms with Gasteiger partial charge in [0.25, 0.3) is 5.91 Å². The molecular formula is C29H30N2O3S2. The van der Waals surface area contributed by atoms with E-state index in [0.29, 0.717) is 23.8 Å². The van der Waals surface area contributed by atoms with Crippen molar-refractivity contribution in [3.05, 3.63) is 88.4 Å². The summed E-state index contributed by atoms with van der Waals surface area (Å²) in [6, 6.07) is 17.7. The molecular weight excluding hydrogens is 488 g/mol. The number of nitrogens with one attached hydrogen (secondary N) is 1. The summed E-state index contributed by atoms with van der Waals surface area (Å²) in [5.74, 6) is 1.87. The summed E-state index contributed by atoms with van der Waals surface area (Å²) in [5, 5.41) is 4.56. The molecule has 7 heteroatoms. The van der Waals surface area contributed by atoms with Gasteiger partial charge in [-0.15, -0.1) is 11.3 Å². The number of fused-ring (bicyclic) bond motifs is 1. The maximum atomic E-state index is 13.3. The highest BCUT2D eigenvalue weighted by molar-refractivity contribution is 7.99. The molecule has 0 bridgehead atoms. The van der Waals surface area contributed by atoms with Gasteiger partial charge in [0.1, 0.15) is 16.5 Å². The lowest BCUT2D eigenvalue weighted by molar-refractivity contribution is 0.0947. The van der Waals surface area contributed by atoms with Crippen molar-refractivity contribution < 1.29 is 13.6 Å². The second-order valence-corrected chi connectivity index (χ2v) is 12.2. The smallest absolute Gasteiger partial charge is 0.255 e. The zero-order valence-corrected chi connectivity index (χ0v) is 22.4. The van der Waals surface area contributed by atoms with Crippen molar-refractivity contribution >= 4 is 40.2 Å². The number of amides is 1. The Morgan fingerprint density at radius 3 is 2.75 bits per heavy atom. The molecule has 0 aliphatic heterocycles. The van der Waals surface area contributed by atoms with E-state index in [-0.39, 0.29) is 11.3 Å². The van der Waals surface area contributed by atoms with Gasteiger partial charge in [0.2, 0.25) is 0 Å². The Morgan fingerprint density at radius 1 is 1.17 bits per heavy atom. The Balaban J connectivity index is 1.39. The van der Waals surface area contributed by atoms with E-state index in [1.807, 2.05) is 42.5 Å². The van der Waals surface area contributed by atoms with Crippen LogP contribution in [0.5, 0.6) is 0 Å². The van der Waals surface area contributed by atoms with E-state index in [1.165, 1.54) is 4.88 Å². The molecule has 1 N–H and O–H groups in total. The van der Waals surface area contributed by atoms with Gasteiger partial charge in [0, 0.05) is 9.77 Å². The van der Waals surface area contributed by atoms with Crippen LogP contribution in [0, 0.1) is 11.3 Å². The average Bonchev–Trinajstić information content (AvgIpc) is 3.61. The number of aliphatic imine (C=N–C) groups is 1. The summed E-state index contributed by atoms with van der Waals surface area (Å²) in [5.41, 5.74) is 2.06. The minimum absolute atomic E-state index is 0.106. The van der Waals surface area contributed by atoms with E-state index in [9.17, 15) is 4.79 Å². The molecule has 3 heterocycles. The molecule has 0 unspecified atom stereocenters. The normalized spacial score (nSPS) is 15.8. The fourth-order valence-electron chi connectivity index (χ4n) is 4.49. The first-order chi connectivity index (χ1) is 17.4. The Hall–Kier alpha value is -3.03. The molecule has 5 nitrogen and oxygen atoms in total. The highest BCUT2D eigenvalue weighted by atomic mass is 32.2. The Kier molecular flexibility index (Phi) is 7.21. The Bertz CT molecular complexity index is 1350. The van der Waals surface area contributed by atoms with Gasteiger partial charge in [-0.3, -0.25) is 4.79 Å². The van der Waals surface area contributed by atoms with Gasteiger partial charge in [0.15, 0.2) is 5.09 Å². The van der Waals surface area contributed by atoms with Crippen molar-refractivity contribution in [2.75, 3.05) is 0 Å². The molecule has 1 amide bonds. The molecule has 4 aromatic rings. The van der Waals surface area contributed by atoms with Crippen molar-refractivity contribution in [2.24, 2.45) is 16.3 Å². The topological polar surface area (TPSA) is 67.7 Å². The van der Waals surface area contributed by atoms with Crippen LogP contribution < -0.4 is 5.32 Å². The van der Waals surface area contributed by atoms with Crippen molar-refractivity contribution in [2.45, 2.75) is 56.6 Å². The molecule has 3 aromatic heterocycles. The van der Waals surface area contributed by atoms with E-state index < -0.39 is 0 Å². The third-order valence-corrected chi connectivity index (χ3v) is 8.67. The summed E-state index contributed by atoms with van der Waals surface area (Å²) >= 11 is 3.20. The van der Waals surface area contributed by atoms with Crippen LogP contribution in [0.4, 0.5) is 5.00 Å². The number of hydrogen-bond acceptors (Lipinski definition) is 6. The first-order valence-corrected chi connectivity index (χ1v) is 13.8. The third kappa shape index (κ3) is 5.68. The summed E-state index contributed by atoms with van der Waals surface area (Å²) in [6.07, 6.45) is 6.29. The fraction of sp³-hybridized carbons (Fsp3) is 0.310. The van der Waals surface area contributed by atoms with Gasteiger partial charge in [0.05, 0.1) is 24.6 Å². The predicted molar refractivity (Wildman–Crippen MR) is 146 cm³/mol. The van der Waals surface area contributed by atoms with Gasteiger partial charge in [-0.25, -0.2) is 4.99 Å². The number of nitrogens with zero attached hydrogens (tertiary/aromatic N) is 1. The van der Waals surface area contributed by atoms with Crippen LogP contribution >= 0.6 is 23.1 Å². The van der Waals surface area contributed by atoms with Crippen LogP contribution in [0.3, 0.4) is 0 Å². The number of carbonyl (C=O) groups is 1. The van der Waals surface area contributed by atoms with E-state index in [2.05, 4.69) is 38.2 Å². The number of rotatable bonds is 7. The number of furan rings is 2. The fourth-order valence-corrected chi connectivity index (χ4v) is 6.56. The first kappa shape index (κ1) is 24.7. The lowest BCUT2D eigenvalue weighted by Crippen LogP contribution is -2.28. The van der Waals surface area contributed by atoms with E-state index in [0.717, 1.165) is 45.6 Å². The molecule has 0 spiro atoms. The summed E-state index contributed by atoms with van der Waals surface area (Å²) in [4.78, 5) is 20.5. The lowest BCUT2D eigenvalue weighted by Gasteiger charge is -2.33. The van der Waals surface area contributed by atoms with Gasteiger partial charge < -0.3 is 14.2 Å². The summed E-state index contributed by atoms with van der Waals surface area (Å²) < 4.78 is 11.4. The van der Waals surface area contributed by atoms with Crippen molar-refractivity contribution in [3.8, 4) is 0 Å². The van der Waals surface area contributed by atoms with Crippen molar-refractivity contribution in [1.82, 2.24) is 5.32 Å². The maximum Gasteiger partial charge on any atom is 0.255 e. The lowest BCUT2D eigenvalue weighted by atomic mass is 9.72. The molecule has 1 atom stereocenters. The van der Waals surface area contributed by atoms with Crippen molar-refractivity contribution in [3.63, 3.8) is 0 Å². The second kappa shape index (κ2) is 10.5. The number of hydrogen-bond donors (Lipinski definition) is 1. The minimum Gasteiger partial charge on any atom is -0.467 e. The molecule has 36 heavy (non-hydrogen) atoms. The van der Waals surface area contributed by atoms with Crippen LogP contribution in [0.1, 0.15) is 59.5 Å². The second-order valence-electron chi connectivity index (χ2n) is 10.1. The third-order valence-electron chi connectivity index (χ3n) is 6.57. The van der Waals surface area contributed by atoms with Crippen LogP contribution in [0.15, 0.2) is 84.7 Å². The van der Waals surface area contributed by atoms with E-state index in [4.69, 9.17) is 13.8 Å².